The Morgan fingerprint density at radius 1 is 1.67 bits per heavy atom. The number of hydrogen-bond acceptors (Lipinski definition) is 2. The molecule has 3 nitrogen and oxygen atoms in total. The minimum Gasteiger partial charge on any atom is -0.300 e. The average molecular weight is 202 g/mol. The van der Waals surface area contributed by atoms with E-state index in [1.54, 1.807) is 19.3 Å². The molecule has 0 aliphatic carbocycles. The first-order valence-electron chi connectivity index (χ1n) is 4.79. The maximum absolute atomic E-state index is 11.8. The van der Waals surface area contributed by atoms with Crippen molar-refractivity contribution < 1.29 is 4.79 Å². The quantitative estimate of drug-likeness (QED) is 0.699. The van der Waals surface area contributed by atoms with Crippen LogP contribution in [-0.2, 0) is 4.79 Å². The Labute approximate surface area is 90.1 Å². The fraction of sp³-hybridized carbons (Fsp3) is 0.333. The Morgan fingerprint density at radius 3 is 2.93 bits per heavy atom. The highest BCUT2D eigenvalue weighted by atomic mass is 16.2. The van der Waals surface area contributed by atoms with Gasteiger partial charge in [-0.05, 0) is 12.1 Å². The number of carbonyl (C=O) groups is 1. The SMILES string of the molecule is C#CCC(C)C(=O)N(C)c1ccccn1. The zero-order valence-corrected chi connectivity index (χ0v) is 8.97. The third-order valence-electron chi connectivity index (χ3n) is 2.17. The van der Waals surface area contributed by atoms with E-state index in [0.717, 1.165) is 0 Å². The van der Waals surface area contributed by atoms with Crippen LogP contribution >= 0.6 is 0 Å². The zero-order chi connectivity index (χ0) is 11.3. The molecule has 0 fully saturated rings. The van der Waals surface area contributed by atoms with E-state index in [4.69, 9.17) is 6.42 Å². The summed E-state index contributed by atoms with van der Waals surface area (Å²) >= 11 is 0. The van der Waals surface area contributed by atoms with E-state index >= 15 is 0 Å². The van der Waals surface area contributed by atoms with E-state index in [-0.39, 0.29) is 11.8 Å². The molecule has 0 bridgehead atoms. The van der Waals surface area contributed by atoms with E-state index in [1.807, 2.05) is 19.1 Å². The predicted molar refractivity (Wildman–Crippen MR) is 60.3 cm³/mol. The number of aromatic nitrogens is 1. The predicted octanol–water partition coefficient (Wildman–Crippen LogP) is 1.70. The van der Waals surface area contributed by atoms with E-state index in [0.29, 0.717) is 12.2 Å². The minimum absolute atomic E-state index is 0.00773. The van der Waals surface area contributed by atoms with Crippen LogP contribution in [0.15, 0.2) is 24.4 Å². The molecule has 1 aromatic heterocycles. The van der Waals surface area contributed by atoms with Gasteiger partial charge in [0.15, 0.2) is 0 Å². The van der Waals surface area contributed by atoms with Crippen LogP contribution < -0.4 is 4.90 Å². The fourth-order valence-corrected chi connectivity index (χ4v) is 1.26. The van der Waals surface area contributed by atoms with Crippen molar-refractivity contribution in [2.75, 3.05) is 11.9 Å². The van der Waals surface area contributed by atoms with E-state index in [2.05, 4.69) is 10.9 Å². The third-order valence-corrected chi connectivity index (χ3v) is 2.17. The molecule has 1 heterocycles. The number of nitrogens with zero attached hydrogens (tertiary/aromatic N) is 2. The van der Waals surface area contributed by atoms with Gasteiger partial charge in [-0.15, -0.1) is 12.3 Å². The van der Waals surface area contributed by atoms with Crippen molar-refractivity contribution in [1.82, 2.24) is 4.98 Å². The van der Waals surface area contributed by atoms with Crippen molar-refractivity contribution in [3.05, 3.63) is 24.4 Å². The van der Waals surface area contributed by atoms with E-state index < -0.39 is 0 Å². The van der Waals surface area contributed by atoms with Crippen molar-refractivity contribution in [3.8, 4) is 12.3 Å². The molecule has 0 aliphatic heterocycles. The van der Waals surface area contributed by atoms with Crippen molar-refractivity contribution in [2.45, 2.75) is 13.3 Å². The van der Waals surface area contributed by atoms with Crippen LogP contribution in [0.2, 0.25) is 0 Å². The lowest BCUT2D eigenvalue weighted by Crippen LogP contribution is -2.31. The van der Waals surface area contributed by atoms with Gasteiger partial charge in [-0.25, -0.2) is 4.98 Å². The van der Waals surface area contributed by atoms with Gasteiger partial charge in [-0.3, -0.25) is 9.69 Å². The number of rotatable bonds is 3. The van der Waals surface area contributed by atoms with Gasteiger partial charge < -0.3 is 0 Å². The van der Waals surface area contributed by atoms with Crippen LogP contribution in [0.1, 0.15) is 13.3 Å². The molecule has 3 heteroatoms. The monoisotopic (exact) mass is 202 g/mol. The number of terminal acetylenes is 1. The molecule has 1 aromatic rings. The maximum atomic E-state index is 11.8. The summed E-state index contributed by atoms with van der Waals surface area (Å²) in [5.41, 5.74) is 0. The summed E-state index contributed by atoms with van der Waals surface area (Å²) in [6.45, 7) is 1.82. The van der Waals surface area contributed by atoms with Crippen LogP contribution in [0.5, 0.6) is 0 Å². The summed E-state index contributed by atoms with van der Waals surface area (Å²) in [6.07, 6.45) is 7.28. The van der Waals surface area contributed by atoms with Crippen LogP contribution in [0.25, 0.3) is 0 Å². The lowest BCUT2D eigenvalue weighted by molar-refractivity contribution is -0.121. The highest BCUT2D eigenvalue weighted by Crippen LogP contribution is 2.12. The summed E-state index contributed by atoms with van der Waals surface area (Å²) in [7, 11) is 1.71. The first kappa shape index (κ1) is 11.3. The normalized spacial score (nSPS) is 11.5. The first-order chi connectivity index (χ1) is 7.16. The molecule has 0 spiro atoms. The largest absolute Gasteiger partial charge is 0.300 e. The summed E-state index contributed by atoms with van der Waals surface area (Å²) in [6, 6.07) is 5.45. The van der Waals surface area contributed by atoms with Gasteiger partial charge in [-0.1, -0.05) is 13.0 Å². The summed E-state index contributed by atoms with van der Waals surface area (Å²) in [5.74, 6) is 2.96. The average Bonchev–Trinajstić information content (AvgIpc) is 2.28. The van der Waals surface area contributed by atoms with Crippen molar-refractivity contribution in [1.29, 1.82) is 0 Å². The van der Waals surface area contributed by atoms with Gasteiger partial charge >= 0.3 is 0 Å². The molecule has 0 aromatic carbocycles. The second-order valence-corrected chi connectivity index (χ2v) is 3.39. The van der Waals surface area contributed by atoms with Gasteiger partial charge in [0.1, 0.15) is 5.82 Å². The lowest BCUT2D eigenvalue weighted by atomic mass is 10.1. The molecule has 15 heavy (non-hydrogen) atoms. The zero-order valence-electron chi connectivity index (χ0n) is 8.97. The minimum atomic E-state index is -0.165. The summed E-state index contributed by atoms with van der Waals surface area (Å²) < 4.78 is 0. The second kappa shape index (κ2) is 5.16. The van der Waals surface area contributed by atoms with Crippen LogP contribution in [-0.4, -0.2) is 17.9 Å². The highest BCUT2D eigenvalue weighted by Gasteiger charge is 2.18. The van der Waals surface area contributed by atoms with Gasteiger partial charge in [-0.2, -0.15) is 0 Å². The molecule has 0 saturated heterocycles. The number of carbonyl (C=O) groups excluding carboxylic acids is 1. The summed E-state index contributed by atoms with van der Waals surface area (Å²) in [5, 5.41) is 0. The van der Waals surface area contributed by atoms with Crippen molar-refractivity contribution in [3.63, 3.8) is 0 Å². The Morgan fingerprint density at radius 2 is 2.40 bits per heavy atom. The Balaban J connectivity index is 2.74. The molecule has 0 N–H and O–H groups in total. The highest BCUT2D eigenvalue weighted by molar-refractivity contribution is 5.93. The van der Waals surface area contributed by atoms with Gasteiger partial charge in [0, 0.05) is 25.6 Å². The molecule has 0 aliphatic rings. The number of amides is 1. The third kappa shape index (κ3) is 2.81. The molecule has 1 atom stereocenters. The smallest absolute Gasteiger partial charge is 0.231 e. The fourth-order valence-electron chi connectivity index (χ4n) is 1.26. The molecular weight excluding hydrogens is 188 g/mol. The second-order valence-electron chi connectivity index (χ2n) is 3.39. The van der Waals surface area contributed by atoms with Crippen LogP contribution in [0.3, 0.4) is 0 Å². The molecule has 0 radical (unpaired) electrons. The Bertz CT molecular complexity index is 367. The summed E-state index contributed by atoms with van der Waals surface area (Å²) in [4.78, 5) is 17.4. The molecule has 1 amide bonds. The molecule has 0 saturated carbocycles. The number of pyridine rings is 1. The molecule has 1 rings (SSSR count). The van der Waals surface area contributed by atoms with Crippen molar-refractivity contribution in [2.24, 2.45) is 5.92 Å². The maximum Gasteiger partial charge on any atom is 0.231 e. The lowest BCUT2D eigenvalue weighted by Gasteiger charge is -2.19. The topological polar surface area (TPSA) is 33.2 Å². The number of anilines is 1. The van der Waals surface area contributed by atoms with Gasteiger partial charge in [0.25, 0.3) is 0 Å². The van der Waals surface area contributed by atoms with Crippen LogP contribution in [0, 0.1) is 18.3 Å². The Kier molecular flexibility index (Phi) is 3.87. The van der Waals surface area contributed by atoms with E-state index in [1.165, 1.54) is 4.90 Å². The van der Waals surface area contributed by atoms with E-state index in [9.17, 15) is 4.79 Å². The number of hydrogen-bond donors (Lipinski definition) is 0. The molecule has 1 unspecified atom stereocenters. The molecular formula is C12H14N2O. The molecule has 78 valence electrons. The van der Waals surface area contributed by atoms with Gasteiger partial charge in [0.2, 0.25) is 5.91 Å². The standard InChI is InChI=1S/C12H14N2O/c1-4-7-10(2)12(15)14(3)11-8-5-6-9-13-11/h1,5-6,8-10H,7H2,2-3H3. The first-order valence-corrected chi connectivity index (χ1v) is 4.79. The Hall–Kier alpha value is -1.82. The van der Waals surface area contributed by atoms with Crippen LogP contribution in [0.4, 0.5) is 5.82 Å². The van der Waals surface area contributed by atoms with Gasteiger partial charge in [0.05, 0.1) is 0 Å². The van der Waals surface area contributed by atoms with Crippen molar-refractivity contribution >= 4 is 11.7 Å².